The zero-order chi connectivity index (χ0) is 13.5. The van der Waals surface area contributed by atoms with Crippen LogP contribution in [0, 0.1) is 0 Å². The van der Waals surface area contributed by atoms with Gasteiger partial charge in [-0.25, -0.2) is 0 Å². The number of nitrogens with one attached hydrogen (secondary N) is 1. The SMILES string of the molecule is CCNC(=O)C(C)Oc1ccc(CCN)cc1Br. The summed E-state index contributed by atoms with van der Waals surface area (Å²) in [6, 6.07) is 5.77. The highest BCUT2D eigenvalue weighted by Crippen LogP contribution is 2.27. The second-order valence-corrected chi connectivity index (χ2v) is 4.81. The lowest BCUT2D eigenvalue weighted by Gasteiger charge is -2.15. The monoisotopic (exact) mass is 314 g/mol. The number of halogens is 1. The summed E-state index contributed by atoms with van der Waals surface area (Å²) < 4.78 is 6.44. The summed E-state index contributed by atoms with van der Waals surface area (Å²) in [7, 11) is 0. The van der Waals surface area contributed by atoms with Gasteiger partial charge < -0.3 is 15.8 Å². The van der Waals surface area contributed by atoms with Crippen LogP contribution in [0.2, 0.25) is 0 Å². The van der Waals surface area contributed by atoms with Gasteiger partial charge in [0.25, 0.3) is 5.91 Å². The van der Waals surface area contributed by atoms with E-state index in [1.807, 2.05) is 25.1 Å². The number of amides is 1. The summed E-state index contributed by atoms with van der Waals surface area (Å²) in [5, 5.41) is 2.72. The van der Waals surface area contributed by atoms with Gasteiger partial charge in [0.1, 0.15) is 5.75 Å². The molecule has 0 aliphatic heterocycles. The molecule has 0 radical (unpaired) electrons. The van der Waals surface area contributed by atoms with Crippen LogP contribution >= 0.6 is 15.9 Å². The Kier molecular flexibility index (Phi) is 6.15. The zero-order valence-electron chi connectivity index (χ0n) is 10.7. The average Bonchev–Trinajstić information content (AvgIpc) is 2.33. The number of ether oxygens (including phenoxy) is 1. The Labute approximate surface area is 116 Å². The van der Waals surface area contributed by atoms with Crippen molar-refractivity contribution in [3.8, 4) is 5.75 Å². The van der Waals surface area contributed by atoms with Gasteiger partial charge in [0.2, 0.25) is 0 Å². The van der Waals surface area contributed by atoms with Crippen LogP contribution in [0.3, 0.4) is 0 Å². The van der Waals surface area contributed by atoms with Gasteiger partial charge in [0.15, 0.2) is 6.10 Å². The number of carbonyl (C=O) groups is 1. The third-order valence-corrected chi connectivity index (χ3v) is 3.07. The molecule has 1 amide bonds. The number of nitrogens with two attached hydrogens (primary N) is 1. The number of rotatable bonds is 6. The second kappa shape index (κ2) is 7.38. The summed E-state index contributed by atoms with van der Waals surface area (Å²) in [5.74, 6) is 0.546. The highest BCUT2D eigenvalue weighted by atomic mass is 79.9. The fourth-order valence-electron chi connectivity index (χ4n) is 1.52. The van der Waals surface area contributed by atoms with Crippen LogP contribution in [0.25, 0.3) is 0 Å². The van der Waals surface area contributed by atoms with E-state index >= 15 is 0 Å². The molecule has 0 aromatic heterocycles. The fraction of sp³-hybridized carbons (Fsp3) is 0.462. The largest absolute Gasteiger partial charge is 0.480 e. The zero-order valence-corrected chi connectivity index (χ0v) is 12.3. The minimum atomic E-state index is -0.512. The molecule has 0 saturated heterocycles. The summed E-state index contributed by atoms with van der Waals surface area (Å²) in [6.07, 6.45) is 0.312. The number of benzene rings is 1. The molecule has 1 atom stereocenters. The minimum Gasteiger partial charge on any atom is -0.480 e. The van der Waals surface area contributed by atoms with Crippen molar-refractivity contribution >= 4 is 21.8 Å². The van der Waals surface area contributed by atoms with E-state index in [0.29, 0.717) is 18.8 Å². The highest BCUT2D eigenvalue weighted by molar-refractivity contribution is 9.10. The predicted octanol–water partition coefficient (Wildman–Crippen LogP) is 1.85. The van der Waals surface area contributed by atoms with Gasteiger partial charge in [0, 0.05) is 6.54 Å². The number of hydrogen-bond donors (Lipinski definition) is 2. The van der Waals surface area contributed by atoms with Crippen LogP contribution in [0.15, 0.2) is 22.7 Å². The lowest BCUT2D eigenvalue weighted by molar-refractivity contribution is -0.127. The molecule has 18 heavy (non-hydrogen) atoms. The summed E-state index contributed by atoms with van der Waals surface area (Å²) >= 11 is 3.44. The molecule has 0 aliphatic rings. The Hall–Kier alpha value is -1.07. The molecule has 0 heterocycles. The van der Waals surface area contributed by atoms with E-state index < -0.39 is 6.10 Å². The van der Waals surface area contributed by atoms with E-state index in [4.69, 9.17) is 10.5 Å². The third kappa shape index (κ3) is 4.31. The molecule has 0 aliphatic carbocycles. The molecule has 0 fully saturated rings. The van der Waals surface area contributed by atoms with Crippen molar-refractivity contribution in [2.45, 2.75) is 26.4 Å². The predicted molar refractivity (Wildman–Crippen MR) is 75.7 cm³/mol. The molecule has 100 valence electrons. The fourth-order valence-corrected chi connectivity index (χ4v) is 2.04. The van der Waals surface area contributed by atoms with Gasteiger partial charge in [-0.1, -0.05) is 6.07 Å². The van der Waals surface area contributed by atoms with Crippen LogP contribution in [-0.4, -0.2) is 25.1 Å². The molecule has 0 bridgehead atoms. The van der Waals surface area contributed by atoms with Crippen molar-refractivity contribution in [1.82, 2.24) is 5.32 Å². The van der Waals surface area contributed by atoms with Crippen LogP contribution in [0.1, 0.15) is 19.4 Å². The maximum Gasteiger partial charge on any atom is 0.260 e. The van der Waals surface area contributed by atoms with Crippen LogP contribution < -0.4 is 15.8 Å². The Morgan fingerprint density at radius 3 is 2.83 bits per heavy atom. The molecule has 1 aromatic rings. The highest BCUT2D eigenvalue weighted by Gasteiger charge is 2.14. The van der Waals surface area contributed by atoms with Crippen molar-refractivity contribution in [2.24, 2.45) is 5.73 Å². The molecular weight excluding hydrogens is 296 g/mol. The van der Waals surface area contributed by atoms with Gasteiger partial charge >= 0.3 is 0 Å². The Balaban J connectivity index is 2.70. The van der Waals surface area contributed by atoms with E-state index in [0.717, 1.165) is 16.5 Å². The number of hydrogen-bond acceptors (Lipinski definition) is 3. The first kappa shape index (κ1) is 15.0. The molecule has 0 saturated carbocycles. The van der Waals surface area contributed by atoms with Crippen molar-refractivity contribution in [3.63, 3.8) is 0 Å². The van der Waals surface area contributed by atoms with Gasteiger partial charge in [-0.3, -0.25) is 4.79 Å². The van der Waals surface area contributed by atoms with Crippen molar-refractivity contribution in [3.05, 3.63) is 28.2 Å². The molecular formula is C13H19BrN2O2. The molecule has 1 aromatic carbocycles. The third-order valence-electron chi connectivity index (χ3n) is 2.45. The van der Waals surface area contributed by atoms with Crippen molar-refractivity contribution in [2.75, 3.05) is 13.1 Å². The van der Waals surface area contributed by atoms with Gasteiger partial charge in [-0.2, -0.15) is 0 Å². The maximum absolute atomic E-state index is 11.6. The van der Waals surface area contributed by atoms with Gasteiger partial charge in [-0.05, 0) is 60.4 Å². The molecule has 3 N–H and O–H groups in total. The number of carbonyl (C=O) groups excluding carboxylic acids is 1. The molecule has 5 heteroatoms. The smallest absolute Gasteiger partial charge is 0.260 e. The Bertz CT molecular complexity index is 410. The minimum absolute atomic E-state index is 0.115. The van der Waals surface area contributed by atoms with E-state index in [9.17, 15) is 4.79 Å². The Morgan fingerprint density at radius 2 is 2.28 bits per heavy atom. The topological polar surface area (TPSA) is 64.3 Å². The van der Waals surface area contributed by atoms with Crippen LogP contribution in [0.5, 0.6) is 5.75 Å². The molecule has 0 spiro atoms. The van der Waals surface area contributed by atoms with Gasteiger partial charge in [-0.15, -0.1) is 0 Å². The lowest BCUT2D eigenvalue weighted by atomic mass is 10.1. The maximum atomic E-state index is 11.6. The first-order chi connectivity index (χ1) is 8.58. The van der Waals surface area contributed by atoms with E-state index in [-0.39, 0.29) is 5.91 Å². The summed E-state index contributed by atoms with van der Waals surface area (Å²) in [4.78, 5) is 11.6. The van der Waals surface area contributed by atoms with E-state index in [1.165, 1.54) is 0 Å². The van der Waals surface area contributed by atoms with Crippen LogP contribution in [0.4, 0.5) is 0 Å². The first-order valence-electron chi connectivity index (χ1n) is 6.01. The quantitative estimate of drug-likeness (QED) is 0.842. The molecule has 4 nitrogen and oxygen atoms in total. The first-order valence-corrected chi connectivity index (χ1v) is 6.80. The van der Waals surface area contributed by atoms with Crippen molar-refractivity contribution < 1.29 is 9.53 Å². The summed E-state index contributed by atoms with van der Waals surface area (Å²) in [5.41, 5.74) is 6.64. The van der Waals surface area contributed by atoms with E-state index in [1.54, 1.807) is 6.92 Å². The second-order valence-electron chi connectivity index (χ2n) is 3.96. The van der Waals surface area contributed by atoms with E-state index in [2.05, 4.69) is 21.2 Å². The van der Waals surface area contributed by atoms with Crippen LogP contribution in [-0.2, 0) is 11.2 Å². The average molecular weight is 315 g/mol. The molecule has 1 rings (SSSR count). The summed E-state index contributed by atoms with van der Waals surface area (Å²) in [6.45, 7) is 4.82. The van der Waals surface area contributed by atoms with Crippen molar-refractivity contribution in [1.29, 1.82) is 0 Å². The Morgan fingerprint density at radius 1 is 1.56 bits per heavy atom. The molecule has 1 unspecified atom stereocenters. The van der Waals surface area contributed by atoms with Gasteiger partial charge in [0.05, 0.1) is 4.47 Å². The standard InChI is InChI=1S/C13H19BrN2O2/c1-3-16-13(17)9(2)18-12-5-4-10(6-7-15)8-11(12)14/h4-5,8-9H,3,6-7,15H2,1-2H3,(H,16,17). The normalized spacial score (nSPS) is 12.0. The number of likely N-dealkylation sites (N-methyl/N-ethyl adjacent to an activating group) is 1. The lowest BCUT2D eigenvalue weighted by Crippen LogP contribution is -2.36.